The van der Waals surface area contributed by atoms with Crippen molar-refractivity contribution in [3.63, 3.8) is 0 Å². The van der Waals surface area contributed by atoms with Gasteiger partial charge in [0, 0.05) is 18.7 Å². The van der Waals surface area contributed by atoms with E-state index in [0.29, 0.717) is 30.9 Å². The summed E-state index contributed by atoms with van der Waals surface area (Å²) in [5.41, 5.74) is 2.54. The zero-order valence-electron chi connectivity index (χ0n) is 13.1. The average Bonchev–Trinajstić information content (AvgIpc) is 2.77. The first-order valence-electron chi connectivity index (χ1n) is 7.64. The minimum Gasteiger partial charge on any atom is -0.465 e. The van der Waals surface area contributed by atoms with Crippen LogP contribution in [-0.4, -0.2) is 56.6 Å². The van der Waals surface area contributed by atoms with Gasteiger partial charge in [0.1, 0.15) is 0 Å². The van der Waals surface area contributed by atoms with Crippen LogP contribution >= 0.6 is 0 Å². The number of ketones is 1. The van der Waals surface area contributed by atoms with Crippen molar-refractivity contribution in [1.82, 2.24) is 4.90 Å². The average molecular weight is 313 g/mol. The van der Waals surface area contributed by atoms with Gasteiger partial charge in [-0.15, -0.1) is 0 Å². The maximum atomic E-state index is 12.7. The summed E-state index contributed by atoms with van der Waals surface area (Å²) in [7, 11) is 1.35. The Balaban J connectivity index is 1.94. The molecule has 2 aliphatic carbocycles. The molecule has 1 aliphatic heterocycles. The van der Waals surface area contributed by atoms with Gasteiger partial charge in [0.05, 0.1) is 32.4 Å². The van der Waals surface area contributed by atoms with Gasteiger partial charge in [0.25, 0.3) is 0 Å². The van der Waals surface area contributed by atoms with Crippen molar-refractivity contribution in [3.8, 4) is 11.1 Å². The minimum absolute atomic E-state index is 0.0123. The molecule has 0 spiro atoms. The minimum atomic E-state index is -0.424. The Morgan fingerprint density at radius 1 is 1.09 bits per heavy atom. The van der Waals surface area contributed by atoms with Gasteiger partial charge in [-0.05, 0) is 17.2 Å². The van der Waals surface area contributed by atoms with Crippen LogP contribution in [0.15, 0.2) is 36.4 Å². The quantitative estimate of drug-likeness (QED) is 0.639. The van der Waals surface area contributed by atoms with E-state index in [1.54, 1.807) is 6.07 Å². The van der Waals surface area contributed by atoms with Crippen molar-refractivity contribution in [3.05, 3.63) is 47.5 Å². The third kappa shape index (κ3) is 3.25. The first-order valence-corrected chi connectivity index (χ1v) is 7.64. The lowest BCUT2D eigenvalue weighted by atomic mass is 10.1. The van der Waals surface area contributed by atoms with Crippen molar-refractivity contribution in [2.45, 2.75) is 0 Å². The van der Waals surface area contributed by atoms with E-state index in [0.717, 1.165) is 24.2 Å². The number of methoxy groups -OCH3 is 1. The Kier molecular flexibility index (Phi) is 4.69. The fraction of sp³-hybridized carbons (Fsp3) is 0.333. The van der Waals surface area contributed by atoms with Gasteiger partial charge in [0.15, 0.2) is 5.78 Å². The highest BCUT2D eigenvalue weighted by Gasteiger charge is 2.25. The predicted octanol–water partition coefficient (Wildman–Crippen LogP) is 2.09. The van der Waals surface area contributed by atoms with E-state index < -0.39 is 5.97 Å². The zero-order valence-corrected chi connectivity index (χ0v) is 13.1. The van der Waals surface area contributed by atoms with Crippen LogP contribution < -0.4 is 0 Å². The SMILES string of the molecule is COC(=O)c1cc(C(=O)CN2CCOCC2)c2cccccc1-2. The van der Waals surface area contributed by atoms with Crippen LogP contribution in [0, 0.1) is 0 Å². The van der Waals surface area contributed by atoms with Crippen molar-refractivity contribution in [1.29, 1.82) is 0 Å². The highest BCUT2D eigenvalue weighted by Crippen LogP contribution is 2.32. The Hall–Kier alpha value is -2.24. The number of rotatable bonds is 4. The second-order valence-corrected chi connectivity index (χ2v) is 5.51. The number of carbonyl (C=O) groups is 2. The molecular weight excluding hydrogens is 294 g/mol. The second kappa shape index (κ2) is 6.89. The van der Waals surface area contributed by atoms with Gasteiger partial charge in [0.2, 0.25) is 0 Å². The number of fused-ring (bicyclic) bond motifs is 1. The molecule has 0 bridgehead atoms. The van der Waals surface area contributed by atoms with E-state index in [9.17, 15) is 9.59 Å². The first kappa shape index (κ1) is 15.6. The standard InChI is InChI=1S/C18H19NO4/c1-22-18(21)16-11-15(13-5-3-2-4-6-14(13)16)17(20)12-19-7-9-23-10-8-19/h2-6,11H,7-10,12H2,1H3. The van der Waals surface area contributed by atoms with Crippen LogP contribution in [0.5, 0.6) is 0 Å². The van der Waals surface area contributed by atoms with E-state index in [4.69, 9.17) is 9.47 Å². The highest BCUT2D eigenvalue weighted by atomic mass is 16.5. The Morgan fingerprint density at radius 3 is 2.39 bits per heavy atom. The molecule has 120 valence electrons. The Labute approximate surface area is 135 Å². The molecule has 1 heterocycles. The molecule has 0 aromatic heterocycles. The Morgan fingerprint density at radius 2 is 1.74 bits per heavy atom. The van der Waals surface area contributed by atoms with Crippen molar-refractivity contribution >= 4 is 11.8 Å². The smallest absolute Gasteiger partial charge is 0.338 e. The summed E-state index contributed by atoms with van der Waals surface area (Å²) in [4.78, 5) is 26.8. The molecule has 0 unspecified atom stereocenters. The molecule has 0 atom stereocenters. The largest absolute Gasteiger partial charge is 0.465 e. The fourth-order valence-electron chi connectivity index (χ4n) is 2.87. The first-order chi connectivity index (χ1) is 11.2. The number of hydrogen-bond acceptors (Lipinski definition) is 5. The predicted molar refractivity (Wildman–Crippen MR) is 86.0 cm³/mol. The molecule has 0 aromatic rings. The molecule has 5 heteroatoms. The molecule has 1 saturated heterocycles. The third-order valence-electron chi connectivity index (χ3n) is 4.08. The van der Waals surface area contributed by atoms with Crippen LogP contribution in [-0.2, 0) is 9.47 Å². The fourth-order valence-corrected chi connectivity index (χ4v) is 2.87. The van der Waals surface area contributed by atoms with Crippen molar-refractivity contribution in [2.24, 2.45) is 0 Å². The van der Waals surface area contributed by atoms with Gasteiger partial charge >= 0.3 is 5.97 Å². The molecule has 0 saturated carbocycles. The van der Waals surface area contributed by atoms with Crippen LogP contribution in [0.2, 0.25) is 0 Å². The molecule has 5 nitrogen and oxygen atoms in total. The summed E-state index contributed by atoms with van der Waals surface area (Å²) < 4.78 is 10.1. The molecule has 0 N–H and O–H groups in total. The van der Waals surface area contributed by atoms with Crippen LogP contribution in [0.4, 0.5) is 0 Å². The maximum Gasteiger partial charge on any atom is 0.338 e. The van der Waals surface area contributed by atoms with E-state index in [1.807, 2.05) is 30.3 Å². The normalized spacial score (nSPS) is 15.5. The second-order valence-electron chi connectivity index (χ2n) is 5.51. The lowest BCUT2D eigenvalue weighted by Gasteiger charge is -2.25. The molecule has 0 amide bonds. The van der Waals surface area contributed by atoms with Crippen molar-refractivity contribution in [2.75, 3.05) is 40.0 Å². The molecular formula is C18H19NO4. The number of ether oxygens (including phenoxy) is 2. The number of esters is 1. The molecule has 23 heavy (non-hydrogen) atoms. The van der Waals surface area contributed by atoms with Crippen LogP contribution in [0.3, 0.4) is 0 Å². The number of carbonyl (C=O) groups excluding carboxylic acids is 2. The summed E-state index contributed by atoms with van der Waals surface area (Å²) in [6.07, 6.45) is 0. The lowest BCUT2D eigenvalue weighted by Crippen LogP contribution is -2.39. The lowest BCUT2D eigenvalue weighted by molar-refractivity contribution is 0.0371. The summed E-state index contributed by atoms with van der Waals surface area (Å²) in [5.74, 6) is -0.412. The number of hydrogen-bond donors (Lipinski definition) is 0. The van der Waals surface area contributed by atoms with E-state index in [1.165, 1.54) is 7.11 Å². The van der Waals surface area contributed by atoms with Crippen LogP contribution in [0.1, 0.15) is 20.7 Å². The van der Waals surface area contributed by atoms with Crippen LogP contribution in [0.25, 0.3) is 11.1 Å². The summed E-state index contributed by atoms with van der Waals surface area (Å²) in [5, 5.41) is 0. The zero-order chi connectivity index (χ0) is 16.2. The third-order valence-corrected chi connectivity index (χ3v) is 4.08. The summed E-state index contributed by atoms with van der Waals surface area (Å²) >= 11 is 0. The van der Waals surface area contributed by atoms with Gasteiger partial charge < -0.3 is 9.47 Å². The number of Topliss-reactive ketones (excluding diaryl/α,β-unsaturated/α-hetero) is 1. The van der Waals surface area contributed by atoms with Gasteiger partial charge in [-0.2, -0.15) is 0 Å². The van der Waals surface area contributed by atoms with Gasteiger partial charge in [-0.3, -0.25) is 9.69 Å². The van der Waals surface area contributed by atoms with Crippen molar-refractivity contribution < 1.29 is 19.1 Å². The Bertz CT molecular complexity index is 691. The molecule has 3 aliphatic rings. The topological polar surface area (TPSA) is 55.8 Å². The summed E-state index contributed by atoms with van der Waals surface area (Å²) in [6.45, 7) is 3.14. The monoisotopic (exact) mass is 313 g/mol. The van der Waals surface area contributed by atoms with E-state index >= 15 is 0 Å². The number of morpholine rings is 1. The molecule has 0 aromatic carbocycles. The van der Waals surface area contributed by atoms with E-state index in [2.05, 4.69) is 4.90 Å². The molecule has 0 radical (unpaired) electrons. The highest BCUT2D eigenvalue weighted by molar-refractivity contribution is 6.10. The van der Waals surface area contributed by atoms with Gasteiger partial charge in [-0.25, -0.2) is 4.79 Å². The maximum absolute atomic E-state index is 12.7. The van der Waals surface area contributed by atoms with Gasteiger partial charge in [-0.1, -0.05) is 30.3 Å². The molecule has 1 fully saturated rings. The number of nitrogens with zero attached hydrogens (tertiary/aromatic N) is 1. The molecule has 3 rings (SSSR count). The van der Waals surface area contributed by atoms with E-state index in [-0.39, 0.29) is 5.78 Å². The summed E-state index contributed by atoms with van der Waals surface area (Å²) in [6, 6.07) is 11.0.